The van der Waals surface area contributed by atoms with Gasteiger partial charge in [-0.25, -0.2) is 0 Å². The minimum absolute atomic E-state index is 0.168. The van der Waals surface area contributed by atoms with Gasteiger partial charge in [0.2, 0.25) is 5.79 Å². The van der Waals surface area contributed by atoms with E-state index in [1.165, 1.54) is 16.3 Å². The van der Waals surface area contributed by atoms with Crippen molar-refractivity contribution >= 4 is 27.9 Å². The van der Waals surface area contributed by atoms with E-state index in [9.17, 15) is 4.79 Å². The van der Waals surface area contributed by atoms with Crippen molar-refractivity contribution < 1.29 is 14.3 Å². The fourth-order valence-corrected chi connectivity index (χ4v) is 5.45. The molecule has 0 saturated carbocycles. The van der Waals surface area contributed by atoms with Crippen LogP contribution in [-0.2, 0) is 26.5 Å². The molecule has 3 nitrogen and oxygen atoms in total. The van der Waals surface area contributed by atoms with E-state index in [0.29, 0.717) is 12.8 Å². The van der Waals surface area contributed by atoms with Gasteiger partial charge in [-0.3, -0.25) is 4.79 Å². The molecule has 0 amide bonds. The molecule has 0 N–H and O–H groups in total. The molecule has 6 rings (SSSR count). The van der Waals surface area contributed by atoms with E-state index in [1.54, 1.807) is 11.3 Å². The summed E-state index contributed by atoms with van der Waals surface area (Å²) in [6, 6.07) is 14.8. The van der Waals surface area contributed by atoms with Gasteiger partial charge in [-0.05, 0) is 39.8 Å². The summed E-state index contributed by atoms with van der Waals surface area (Å²) in [5, 5.41) is 6.59. The summed E-state index contributed by atoms with van der Waals surface area (Å²) < 4.78 is 13.1. The van der Waals surface area contributed by atoms with Gasteiger partial charge in [0.05, 0.1) is 5.57 Å². The van der Waals surface area contributed by atoms with Crippen molar-refractivity contribution in [1.82, 2.24) is 0 Å². The predicted molar refractivity (Wildman–Crippen MR) is 104 cm³/mol. The molecule has 2 unspecified atom stereocenters. The summed E-state index contributed by atoms with van der Waals surface area (Å²) in [4.78, 5) is 12.8. The zero-order chi connectivity index (χ0) is 18.0. The molecule has 134 valence electrons. The van der Waals surface area contributed by atoms with Crippen LogP contribution in [0.1, 0.15) is 42.1 Å². The lowest BCUT2D eigenvalue weighted by atomic mass is 9.79. The van der Waals surface area contributed by atoms with Gasteiger partial charge in [-0.2, -0.15) is 11.3 Å². The Balaban J connectivity index is 1.66. The van der Waals surface area contributed by atoms with Crippen molar-refractivity contribution in [3.63, 3.8) is 0 Å². The largest absolute Gasteiger partial charge is 0.461 e. The number of benzene rings is 2. The number of allylic oxidation sites excluding steroid dienone is 1. The van der Waals surface area contributed by atoms with Crippen molar-refractivity contribution in [3.05, 3.63) is 81.2 Å². The maximum atomic E-state index is 12.8. The average Bonchev–Trinajstić information content (AvgIpc) is 3.23. The van der Waals surface area contributed by atoms with Crippen LogP contribution in [0, 0.1) is 0 Å². The molecule has 0 fully saturated rings. The molecule has 4 heteroatoms. The average molecular weight is 374 g/mol. The summed E-state index contributed by atoms with van der Waals surface area (Å²) >= 11 is 1.64. The number of ether oxygens (including phenoxy) is 2. The molecule has 2 bridgehead atoms. The van der Waals surface area contributed by atoms with Crippen LogP contribution in [0.2, 0.25) is 0 Å². The highest BCUT2D eigenvalue weighted by Crippen LogP contribution is 2.54. The molecular weight excluding hydrogens is 356 g/mol. The smallest absolute Gasteiger partial charge is 0.242 e. The summed E-state index contributed by atoms with van der Waals surface area (Å²) in [7, 11) is 0. The second kappa shape index (κ2) is 5.54. The standard InChI is InChI=1S/C23H18O3S/c24-19-6-3-7-20-21(19)22-17-9-8-14-4-1-2-5-16(14)18(17)12-23(25-20,26-22)15-10-11-27-13-15/h1-2,4-5,8-11,13,22H,3,6-7,12H2. The molecule has 0 radical (unpaired) electrons. The molecule has 3 aromatic rings. The number of rotatable bonds is 1. The van der Waals surface area contributed by atoms with Gasteiger partial charge in [-0.1, -0.05) is 36.4 Å². The zero-order valence-corrected chi connectivity index (χ0v) is 15.6. The highest BCUT2D eigenvalue weighted by Gasteiger charge is 2.52. The Labute approximate surface area is 161 Å². The lowest BCUT2D eigenvalue weighted by molar-refractivity contribution is -0.270. The minimum atomic E-state index is -0.835. The molecule has 2 atom stereocenters. The maximum Gasteiger partial charge on any atom is 0.242 e. The third-order valence-corrected chi connectivity index (χ3v) is 6.68. The number of ketones is 1. The Bertz CT molecular complexity index is 1110. The summed E-state index contributed by atoms with van der Waals surface area (Å²) in [6.07, 6.45) is 2.57. The molecule has 27 heavy (non-hydrogen) atoms. The Morgan fingerprint density at radius 1 is 1.07 bits per heavy atom. The van der Waals surface area contributed by atoms with Crippen LogP contribution in [0.25, 0.3) is 10.8 Å². The summed E-state index contributed by atoms with van der Waals surface area (Å²) in [5.74, 6) is 0.173. The Morgan fingerprint density at radius 2 is 2.00 bits per heavy atom. The first kappa shape index (κ1) is 15.6. The number of carbonyl (C=O) groups is 1. The van der Waals surface area contributed by atoms with Crippen molar-refractivity contribution in [2.75, 3.05) is 0 Å². The van der Waals surface area contributed by atoms with E-state index in [-0.39, 0.29) is 11.9 Å². The lowest BCUT2D eigenvalue weighted by Crippen LogP contribution is -2.46. The lowest BCUT2D eigenvalue weighted by Gasteiger charge is -2.48. The van der Waals surface area contributed by atoms with Crippen LogP contribution in [0.15, 0.2) is 64.6 Å². The number of fused-ring (bicyclic) bond motifs is 7. The molecule has 2 aliphatic heterocycles. The predicted octanol–water partition coefficient (Wildman–Crippen LogP) is 5.41. The van der Waals surface area contributed by atoms with E-state index in [1.807, 2.05) is 0 Å². The SMILES string of the molecule is O=C1CCCC2=C1C1OC(c3ccsc3)(Cc3c1ccc1ccccc31)O2. The number of thiophene rings is 1. The maximum absolute atomic E-state index is 12.8. The molecule has 3 heterocycles. The summed E-state index contributed by atoms with van der Waals surface area (Å²) in [6.45, 7) is 0. The fourth-order valence-electron chi connectivity index (χ4n) is 4.74. The number of Topliss-reactive ketones (excluding diaryl/α,β-unsaturated/α-hetero) is 1. The second-order valence-electron chi connectivity index (χ2n) is 7.51. The van der Waals surface area contributed by atoms with E-state index < -0.39 is 5.79 Å². The Kier molecular flexibility index (Phi) is 3.20. The van der Waals surface area contributed by atoms with Gasteiger partial charge in [0.25, 0.3) is 0 Å². The summed E-state index contributed by atoms with van der Waals surface area (Å²) in [5.41, 5.74) is 4.13. The Hall–Kier alpha value is -2.43. The van der Waals surface area contributed by atoms with Crippen LogP contribution in [0.4, 0.5) is 0 Å². The third kappa shape index (κ3) is 2.14. The zero-order valence-electron chi connectivity index (χ0n) is 14.7. The van der Waals surface area contributed by atoms with E-state index in [4.69, 9.17) is 9.47 Å². The van der Waals surface area contributed by atoms with Crippen molar-refractivity contribution in [1.29, 1.82) is 0 Å². The Morgan fingerprint density at radius 3 is 2.89 bits per heavy atom. The number of hydrogen-bond acceptors (Lipinski definition) is 4. The van der Waals surface area contributed by atoms with Gasteiger partial charge in [0, 0.05) is 30.2 Å². The first-order valence-corrected chi connectivity index (χ1v) is 10.4. The van der Waals surface area contributed by atoms with Gasteiger partial charge in [-0.15, -0.1) is 0 Å². The van der Waals surface area contributed by atoms with Gasteiger partial charge >= 0.3 is 0 Å². The van der Waals surface area contributed by atoms with Crippen molar-refractivity contribution in [3.8, 4) is 0 Å². The van der Waals surface area contributed by atoms with Gasteiger partial charge < -0.3 is 9.47 Å². The quantitative estimate of drug-likeness (QED) is 0.572. The van der Waals surface area contributed by atoms with E-state index >= 15 is 0 Å². The van der Waals surface area contributed by atoms with E-state index in [2.05, 4.69) is 53.2 Å². The third-order valence-electron chi connectivity index (χ3n) is 6.00. The molecular formula is C23H18O3S. The minimum Gasteiger partial charge on any atom is -0.461 e. The fraction of sp³-hybridized carbons (Fsp3) is 0.261. The van der Waals surface area contributed by atoms with Crippen molar-refractivity contribution in [2.45, 2.75) is 37.6 Å². The van der Waals surface area contributed by atoms with Gasteiger partial charge in [0.1, 0.15) is 11.9 Å². The van der Waals surface area contributed by atoms with Gasteiger partial charge in [0.15, 0.2) is 5.78 Å². The monoisotopic (exact) mass is 374 g/mol. The topological polar surface area (TPSA) is 35.5 Å². The van der Waals surface area contributed by atoms with Crippen LogP contribution in [0.5, 0.6) is 0 Å². The highest BCUT2D eigenvalue weighted by atomic mass is 32.1. The molecule has 1 aliphatic carbocycles. The molecule has 1 aromatic heterocycles. The molecule has 0 spiro atoms. The van der Waals surface area contributed by atoms with Crippen LogP contribution < -0.4 is 0 Å². The normalized spacial score (nSPS) is 26.5. The van der Waals surface area contributed by atoms with Crippen LogP contribution >= 0.6 is 11.3 Å². The molecule has 2 aromatic carbocycles. The first-order chi connectivity index (χ1) is 13.3. The van der Waals surface area contributed by atoms with Crippen LogP contribution in [-0.4, -0.2) is 5.78 Å². The van der Waals surface area contributed by atoms with Crippen LogP contribution in [0.3, 0.4) is 0 Å². The molecule has 3 aliphatic rings. The number of carbonyl (C=O) groups excluding carboxylic acids is 1. The highest BCUT2D eigenvalue weighted by molar-refractivity contribution is 7.08. The molecule has 0 saturated heterocycles. The van der Waals surface area contributed by atoms with E-state index in [0.717, 1.165) is 35.3 Å². The second-order valence-corrected chi connectivity index (χ2v) is 8.29. The van der Waals surface area contributed by atoms with Crippen molar-refractivity contribution in [2.24, 2.45) is 0 Å². The number of hydrogen-bond donors (Lipinski definition) is 0. The first-order valence-electron chi connectivity index (χ1n) is 9.41.